The minimum Gasteiger partial charge on any atom is -0.477 e. The Balaban J connectivity index is 2.31. The van der Waals surface area contributed by atoms with E-state index in [1.807, 2.05) is 24.3 Å². The van der Waals surface area contributed by atoms with Crippen LogP contribution in [0.25, 0.3) is 21.8 Å². The molecule has 0 bridgehead atoms. The molecular weight excluding hydrogens is 252 g/mol. The number of aryl methyl sites for hydroxylation is 1. The molecule has 0 saturated carbocycles. The second kappa shape index (κ2) is 4.96. The monoisotopic (exact) mass is 268 g/mol. The van der Waals surface area contributed by atoms with Gasteiger partial charge in [0, 0.05) is 16.3 Å². The molecule has 2 heterocycles. The van der Waals surface area contributed by atoms with E-state index in [0.29, 0.717) is 0 Å². The number of aromatic amines is 1. The van der Waals surface area contributed by atoms with Gasteiger partial charge in [0.15, 0.2) is 0 Å². The van der Waals surface area contributed by atoms with Crippen molar-refractivity contribution in [3.05, 3.63) is 41.7 Å². The maximum absolute atomic E-state index is 11.3. The molecule has 0 fully saturated rings. The van der Waals surface area contributed by atoms with Gasteiger partial charge in [-0.25, -0.2) is 9.78 Å². The largest absolute Gasteiger partial charge is 0.477 e. The van der Waals surface area contributed by atoms with E-state index in [9.17, 15) is 9.90 Å². The van der Waals surface area contributed by atoms with Crippen molar-refractivity contribution >= 4 is 27.8 Å². The number of unbranched alkanes of at least 4 members (excludes halogenated alkanes) is 1. The minimum absolute atomic E-state index is 0.119. The van der Waals surface area contributed by atoms with Crippen LogP contribution >= 0.6 is 0 Å². The molecule has 0 aliphatic heterocycles. The molecule has 0 saturated heterocycles. The maximum Gasteiger partial charge on any atom is 0.354 e. The Bertz CT molecular complexity index is 790. The standard InChI is InChI=1S/C16H16N2O2/c1-2-3-7-13-15-11(9-14(17-13)16(19)20)10-6-4-5-8-12(10)18-15/h4-6,8-9,18H,2-3,7H2,1H3,(H,19,20). The summed E-state index contributed by atoms with van der Waals surface area (Å²) in [5, 5.41) is 11.2. The predicted octanol–water partition coefficient (Wildman–Crippen LogP) is 3.76. The lowest BCUT2D eigenvalue weighted by molar-refractivity contribution is 0.0690. The molecule has 0 radical (unpaired) electrons. The number of hydrogen-bond donors (Lipinski definition) is 2. The number of fused-ring (bicyclic) bond motifs is 3. The Hall–Kier alpha value is -2.36. The van der Waals surface area contributed by atoms with Crippen LogP contribution in [0.4, 0.5) is 0 Å². The van der Waals surface area contributed by atoms with Crippen LogP contribution in [0.3, 0.4) is 0 Å². The number of nitrogens with one attached hydrogen (secondary N) is 1. The average molecular weight is 268 g/mol. The fourth-order valence-corrected chi connectivity index (χ4v) is 2.55. The number of pyridine rings is 1. The number of H-pyrrole nitrogens is 1. The second-order valence-electron chi connectivity index (χ2n) is 4.96. The normalized spacial score (nSPS) is 11.2. The molecular formula is C16H16N2O2. The molecule has 4 nitrogen and oxygen atoms in total. The Morgan fingerprint density at radius 1 is 1.30 bits per heavy atom. The molecule has 1 aromatic carbocycles. The number of aromatic carboxylic acids is 1. The zero-order chi connectivity index (χ0) is 14.1. The van der Waals surface area contributed by atoms with E-state index < -0.39 is 5.97 Å². The molecule has 2 N–H and O–H groups in total. The van der Waals surface area contributed by atoms with Gasteiger partial charge in [0.05, 0.1) is 11.2 Å². The summed E-state index contributed by atoms with van der Waals surface area (Å²) >= 11 is 0. The number of carboxylic acids is 1. The predicted molar refractivity (Wildman–Crippen MR) is 79.2 cm³/mol. The fourth-order valence-electron chi connectivity index (χ4n) is 2.55. The summed E-state index contributed by atoms with van der Waals surface area (Å²) in [7, 11) is 0. The smallest absolute Gasteiger partial charge is 0.354 e. The number of carboxylic acid groups (broad SMARTS) is 1. The van der Waals surface area contributed by atoms with Crippen molar-refractivity contribution in [3.63, 3.8) is 0 Å². The number of hydrogen-bond acceptors (Lipinski definition) is 2. The topological polar surface area (TPSA) is 66.0 Å². The summed E-state index contributed by atoms with van der Waals surface area (Å²) in [4.78, 5) is 18.9. The number of rotatable bonds is 4. The van der Waals surface area contributed by atoms with Crippen molar-refractivity contribution in [2.75, 3.05) is 0 Å². The summed E-state index contributed by atoms with van der Waals surface area (Å²) in [5.74, 6) is -0.977. The minimum atomic E-state index is -0.977. The molecule has 102 valence electrons. The van der Waals surface area contributed by atoms with Crippen molar-refractivity contribution in [1.82, 2.24) is 9.97 Å². The number of carbonyl (C=O) groups is 1. The Kier molecular flexibility index (Phi) is 3.14. The van der Waals surface area contributed by atoms with Crippen LogP contribution in [-0.4, -0.2) is 21.0 Å². The first-order valence-corrected chi connectivity index (χ1v) is 6.84. The van der Waals surface area contributed by atoms with Gasteiger partial charge >= 0.3 is 5.97 Å². The van der Waals surface area contributed by atoms with Crippen molar-refractivity contribution in [1.29, 1.82) is 0 Å². The van der Waals surface area contributed by atoms with Gasteiger partial charge in [0.25, 0.3) is 0 Å². The zero-order valence-electron chi connectivity index (χ0n) is 11.3. The van der Waals surface area contributed by atoms with Crippen LogP contribution in [0.2, 0.25) is 0 Å². The fraction of sp³-hybridized carbons (Fsp3) is 0.250. The highest BCUT2D eigenvalue weighted by molar-refractivity contribution is 6.09. The molecule has 0 aliphatic rings. The van der Waals surface area contributed by atoms with Gasteiger partial charge in [0.2, 0.25) is 0 Å². The van der Waals surface area contributed by atoms with Crippen molar-refractivity contribution < 1.29 is 9.90 Å². The summed E-state index contributed by atoms with van der Waals surface area (Å²) < 4.78 is 0. The molecule has 0 aliphatic carbocycles. The zero-order valence-corrected chi connectivity index (χ0v) is 11.3. The van der Waals surface area contributed by atoms with Crippen LogP contribution in [0.5, 0.6) is 0 Å². The van der Waals surface area contributed by atoms with Gasteiger partial charge in [-0.1, -0.05) is 31.5 Å². The van der Waals surface area contributed by atoms with E-state index in [4.69, 9.17) is 0 Å². The lowest BCUT2D eigenvalue weighted by Gasteiger charge is -2.04. The van der Waals surface area contributed by atoms with Gasteiger partial charge < -0.3 is 10.1 Å². The number of benzene rings is 1. The summed E-state index contributed by atoms with van der Waals surface area (Å²) in [6.07, 6.45) is 2.85. The maximum atomic E-state index is 11.3. The van der Waals surface area contributed by atoms with Gasteiger partial charge in [-0.05, 0) is 25.0 Å². The molecule has 3 aromatic rings. The average Bonchev–Trinajstić information content (AvgIpc) is 2.83. The Morgan fingerprint density at radius 3 is 2.85 bits per heavy atom. The van der Waals surface area contributed by atoms with Crippen LogP contribution in [-0.2, 0) is 6.42 Å². The van der Waals surface area contributed by atoms with E-state index in [2.05, 4.69) is 16.9 Å². The van der Waals surface area contributed by atoms with Gasteiger partial charge in [-0.3, -0.25) is 0 Å². The Morgan fingerprint density at radius 2 is 2.10 bits per heavy atom. The van der Waals surface area contributed by atoms with Gasteiger partial charge in [-0.15, -0.1) is 0 Å². The first-order valence-electron chi connectivity index (χ1n) is 6.84. The van der Waals surface area contributed by atoms with Crippen LogP contribution in [0.1, 0.15) is 35.9 Å². The molecule has 0 spiro atoms. The van der Waals surface area contributed by atoms with Crippen molar-refractivity contribution in [2.24, 2.45) is 0 Å². The SMILES string of the molecule is CCCCc1nc(C(=O)O)cc2c1[nH]c1ccccc12. The third-order valence-electron chi connectivity index (χ3n) is 3.56. The molecule has 20 heavy (non-hydrogen) atoms. The second-order valence-corrected chi connectivity index (χ2v) is 4.96. The third kappa shape index (κ3) is 2.03. The van der Waals surface area contributed by atoms with E-state index in [1.165, 1.54) is 0 Å². The summed E-state index contributed by atoms with van der Waals surface area (Å²) in [5.41, 5.74) is 2.94. The quantitative estimate of drug-likeness (QED) is 0.757. The van der Waals surface area contributed by atoms with Gasteiger partial charge in [0.1, 0.15) is 5.69 Å². The van der Waals surface area contributed by atoms with Crippen LogP contribution < -0.4 is 0 Å². The summed E-state index contributed by atoms with van der Waals surface area (Å²) in [6.45, 7) is 2.11. The van der Waals surface area contributed by atoms with E-state index in [0.717, 1.165) is 46.8 Å². The van der Waals surface area contributed by atoms with Crippen molar-refractivity contribution in [3.8, 4) is 0 Å². The van der Waals surface area contributed by atoms with E-state index in [1.54, 1.807) is 6.07 Å². The van der Waals surface area contributed by atoms with E-state index >= 15 is 0 Å². The first-order chi connectivity index (χ1) is 9.70. The third-order valence-corrected chi connectivity index (χ3v) is 3.56. The first kappa shape index (κ1) is 12.7. The molecule has 2 aromatic heterocycles. The highest BCUT2D eigenvalue weighted by atomic mass is 16.4. The lowest BCUT2D eigenvalue weighted by atomic mass is 10.1. The molecule has 4 heteroatoms. The van der Waals surface area contributed by atoms with Crippen molar-refractivity contribution in [2.45, 2.75) is 26.2 Å². The Labute approximate surface area is 116 Å². The summed E-state index contributed by atoms with van der Waals surface area (Å²) in [6, 6.07) is 9.59. The number of aromatic nitrogens is 2. The van der Waals surface area contributed by atoms with Crippen LogP contribution in [0.15, 0.2) is 30.3 Å². The highest BCUT2D eigenvalue weighted by Gasteiger charge is 2.14. The van der Waals surface area contributed by atoms with Crippen LogP contribution in [0, 0.1) is 0 Å². The molecule has 0 atom stereocenters. The van der Waals surface area contributed by atoms with E-state index in [-0.39, 0.29) is 5.69 Å². The molecule has 3 rings (SSSR count). The molecule has 0 unspecified atom stereocenters. The number of nitrogens with zero attached hydrogens (tertiary/aromatic N) is 1. The highest BCUT2D eigenvalue weighted by Crippen LogP contribution is 2.28. The molecule has 0 amide bonds. The van der Waals surface area contributed by atoms with Gasteiger partial charge in [-0.2, -0.15) is 0 Å². The lowest BCUT2D eigenvalue weighted by Crippen LogP contribution is -2.03. The number of para-hydroxylation sites is 1.